The summed E-state index contributed by atoms with van der Waals surface area (Å²) in [5.41, 5.74) is 1.34. The van der Waals surface area contributed by atoms with E-state index in [1.54, 1.807) is 11.3 Å². The highest BCUT2D eigenvalue weighted by atomic mass is 32.1. The van der Waals surface area contributed by atoms with Gasteiger partial charge in [-0.1, -0.05) is 6.92 Å². The molecule has 1 heterocycles. The number of carbonyl (C=O) groups excluding carboxylic acids is 1. The van der Waals surface area contributed by atoms with Gasteiger partial charge in [-0.05, 0) is 25.2 Å². The molecule has 1 aliphatic carbocycles. The third-order valence-corrected chi connectivity index (χ3v) is 3.73. The first-order valence-electron chi connectivity index (χ1n) is 5.00. The Kier molecular flexibility index (Phi) is 2.43. The topological polar surface area (TPSA) is 30.0 Å². The van der Waals surface area contributed by atoms with Crippen molar-refractivity contribution in [3.05, 3.63) is 16.1 Å². The molecule has 2 rings (SSSR count). The zero-order valence-corrected chi connectivity index (χ0v) is 9.49. The first-order valence-corrected chi connectivity index (χ1v) is 5.88. The fourth-order valence-electron chi connectivity index (χ4n) is 2.17. The van der Waals surface area contributed by atoms with Crippen molar-refractivity contribution in [3.8, 4) is 0 Å². The van der Waals surface area contributed by atoms with Gasteiger partial charge < -0.3 is 0 Å². The predicted molar refractivity (Wildman–Crippen MR) is 57.5 cm³/mol. The van der Waals surface area contributed by atoms with Crippen LogP contribution in [0.2, 0.25) is 0 Å². The van der Waals surface area contributed by atoms with Crippen LogP contribution in [0.5, 0.6) is 0 Å². The Morgan fingerprint density at radius 2 is 2.43 bits per heavy atom. The molecular weight excluding hydrogens is 194 g/mol. The van der Waals surface area contributed by atoms with E-state index in [9.17, 15) is 4.79 Å². The van der Waals surface area contributed by atoms with Crippen molar-refractivity contribution in [2.45, 2.75) is 39.5 Å². The SMILES string of the molecule is Cc1nc(CC2(C)CCC(=O)C2)cs1. The molecule has 0 amide bonds. The summed E-state index contributed by atoms with van der Waals surface area (Å²) in [6.45, 7) is 4.23. The Morgan fingerprint density at radius 3 is 2.93 bits per heavy atom. The van der Waals surface area contributed by atoms with Crippen LogP contribution in [0.15, 0.2) is 5.38 Å². The van der Waals surface area contributed by atoms with Crippen LogP contribution in [0.3, 0.4) is 0 Å². The highest BCUT2D eigenvalue weighted by Gasteiger charge is 2.34. The van der Waals surface area contributed by atoms with Gasteiger partial charge >= 0.3 is 0 Å². The van der Waals surface area contributed by atoms with Crippen molar-refractivity contribution in [3.63, 3.8) is 0 Å². The molecule has 1 aromatic rings. The molecule has 1 unspecified atom stereocenters. The highest BCUT2D eigenvalue weighted by molar-refractivity contribution is 7.09. The van der Waals surface area contributed by atoms with Gasteiger partial charge in [0.05, 0.1) is 10.7 Å². The summed E-state index contributed by atoms with van der Waals surface area (Å²) in [5, 5.41) is 3.23. The maximum Gasteiger partial charge on any atom is 0.133 e. The minimum absolute atomic E-state index is 0.178. The van der Waals surface area contributed by atoms with Gasteiger partial charge in [0.15, 0.2) is 0 Å². The minimum atomic E-state index is 0.178. The third kappa shape index (κ3) is 2.03. The fraction of sp³-hybridized carbons (Fsp3) is 0.636. The van der Waals surface area contributed by atoms with Gasteiger partial charge in [-0.15, -0.1) is 11.3 Å². The molecule has 0 radical (unpaired) electrons. The Morgan fingerprint density at radius 1 is 1.64 bits per heavy atom. The van der Waals surface area contributed by atoms with Crippen molar-refractivity contribution in [1.82, 2.24) is 4.98 Å². The Balaban J connectivity index is 2.07. The van der Waals surface area contributed by atoms with E-state index < -0.39 is 0 Å². The summed E-state index contributed by atoms with van der Waals surface area (Å²) in [4.78, 5) is 15.7. The van der Waals surface area contributed by atoms with E-state index in [1.165, 1.54) is 0 Å². The summed E-state index contributed by atoms with van der Waals surface area (Å²) < 4.78 is 0. The van der Waals surface area contributed by atoms with Crippen LogP contribution in [0.25, 0.3) is 0 Å². The fourth-order valence-corrected chi connectivity index (χ4v) is 2.78. The van der Waals surface area contributed by atoms with E-state index in [4.69, 9.17) is 0 Å². The lowest BCUT2D eigenvalue weighted by molar-refractivity contribution is -0.117. The molecular formula is C11H15NOS. The molecule has 1 atom stereocenters. The molecule has 3 heteroatoms. The molecule has 1 fully saturated rings. The molecule has 0 saturated heterocycles. The molecule has 1 saturated carbocycles. The van der Waals surface area contributed by atoms with Crippen molar-refractivity contribution >= 4 is 17.1 Å². The molecule has 0 N–H and O–H groups in total. The average Bonchev–Trinajstić information content (AvgIpc) is 2.60. The van der Waals surface area contributed by atoms with Gasteiger partial charge in [0, 0.05) is 18.2 Å². The quantitative estimate of drug-likeness (QED) is 0.749. The number of thiazole rings is 1. The van der Waals surface area contributed by atoms with Gasteiger partial charge in [0.25, 0.3) is 0 Å². The van der Waals surface area contributed by atoms with Crippen LogP contribution in [-0.2, 0) is 11.2 Å². The standard InChI is InChI=1S/C11H15NOS/c1-8-12-9(7-14-8)5-11(2)4-3-10(13)6-11/h7H,3-6H2,1-2H3. The number of carbonyl (C=O) groups is 1. The maximum absolute atomic E-state index is 11.2. The van der Waals surface area contributed by atoms with E-state index in [-0.39, 0.29) is 5.41 Å². The van der Waals surface area contributed by atoms with Crippen LogP contribution in [0, 0.1) is 12.3 Å². The number of Topliss-reactive ketones (excluding diaryl/α,β-unsaturated/α-hetero) is 1. The first-order chi connectivity index (χ1) is 6.57. The zero-order chi connectivity index (χ0) is 10.2. The molecule has 0 spiro atoms. The number of aromatic nitrogens is 1. The van der Waals surface area contributed by atoms with Crippen molar-refractivity contribution in [2.24, 2.45) is 5.41 Å². The Labute approximate surface area is 88.4 Å². The van der Waals surface area contributed by atoms with Gasteiger partial charge in [0.2, 0.25) is 0 Å². The number of rotatable bonds is 2. The molecule has 2 nitrogen and oxygen atoms in total. The largest absolute Gasteiger partial charge is 0.300 e. The third-order valence-electron chi connectivity index (χ3n) is 2.91. The molecule has 14 heavy (non-hydrogen) atoms. The predicted octanol–water partition coefficient (Wildman–Crippen LogP) is 2.75. The van der Waals surface area contributed by atoms with E-state index in [0.717, 1.165) is 36.4 Å². The lowest BCUT2D eigenvalue weighted by Gasteiger charge is -2.20. The van der Waals surface area contributed by atoms with Crippen molar-refractivity contribution in [1.29, 1.82) is 0 Å². The number of hydrogen-bond acceptors (Lipinski definition) is 3. The first kappa shape index (κ1) is 9.84. The van der Waals surface area contributed by atoms with Gasteiger partial charge in [0.1, 0.15) is 5.78 Å². The second-order valence-corrected chi connectivity index (χ2v) is 5.62. The number of ketones is 1. The summed E-state index contributed by atoms with van der Waals surface area (Å²) in [5.74, 6) is 0.416. The highest BCUT2D eigenvalue weighted by Crippen LogP contribution is 2.38. The second-order valence-electron chi connectivity index (χ2n) is 4.56. The Hall–Kier alpha value is -0.700. The summed E-state index contributed by atoms with van der Waals surface area (Å²) in [7, 11) is 0. The van der Waals surface area contributed by atoms with Crippen molar-refractivity contribution in [2.75, 3.05) is 0 Å². The summed E-state index contributed by atoms with van der Waals surface area (Å²) in [6, 6.07) is 0. The van der Waals surface area contributed by atoms with Crippen LogP contribution in [0.1, 0.15) is 36.9 Å². The Bertz CT molecular complexity index is 358. The number of aryl methyl sites for hydroxylation is 1. The van der Waals surface area contributed by atoms with Crippen molar-refractivity contribution < 1.29 is 4.79 Å². The molecule has 0 aromatic carbocycles. The lowest BCUT2D eigenvalue weighted by atomic mass is 9.84. The van der Waals surface area contributed by atoms with E-state index in [1.807, 2.05) is 6.92 Å². The minimum Gasteiger partial charge on any atom is -0.300 e. The molecule has 1 aliphatic rings. The van der Waals surface area contributed by atoms with Crippen LogP contribution >= 0.6 is 11.3 Å². The normalized spacial score (nSPS) is 27.1. The lowest BCUT2D eigenvalue weighted by Crippen LogP contribution is -2.15. The average molecular weight is 209 g/mol. The van der Waals surface area contributed by atoms with E-state index >= 15 is 0 Å². The zero-order valence-electron chi connectivity index (χ0n) is 8.67. The molecule has 0 aliphatic heterocycles. The second kappa shape index (κ2) is 3.46. The van der Waals surface area contributed by atoms with E-state index in [0.29, 0.717) is 5.78 Å². The van der Waals surface area contributed by atoms with Crippen LogP contribution in [-0.4, -0.2) is 10.8 Å². The maximum atomic E-state index is 11.2. The summed E-state index contributed by atoms with van der Waals surface area (Å²) >= 11 is 1.69. The number of hydrogen-bond donors (Lipinski definition) is 0. The number of nitrogens with zero attached hydrogens (tertiary/aromatic N) is 1. The summed E-state index contributed by atoms with van der Waals surface area (Å²) in [6.07, 6.45) is 3.49. The molecule has 1 aromatic heterocycles. The molecule has 76 valence electrons. The van der Waals surface area contributed by atoms with Gasteiger partial charge in [-0.3, -0.25) is 4.79 Å². The van der Waals surface area contributed by atoms with E-state index in [2.05, 4.69) is 17.3 Å². The smallest absolute Gasteiger partial charge is 0.133 e. The van der Waals surface area contributed by atoms with Crippen LogP contribution < -0.4 is 0 Å². The van der Waals surface area contributed by atoms with Gasteiger partial charge in [-0.25, -0.2) is 4.98 Å². The van der Waals surface area contributed by atoms with Gasteiger partial charge in [-0.2, -0.15) is 0 Å². The monoisotopic (exact) mass is 209 g/mol. The van der Waals surface area contributed by atoms with Crippen LogP contribution in [0.4, 0.5) is 0 Å². The molecule has 0 bridgehead atoms.